The zero-order valence-corrected chi connectivity index (χ0v) is 18.2. The maximum Gasteiger partial charge on any atom is 0.291 e. The number of carbonyl (C=O) groups is 2. The summed E-state index contributed by atoms with van der Waals surface area (Å²) in [6.07, 6.45) is 1.46. The number of carbonyl (C=O) groups excluding carboxylic acids is 2. The lowest BCUT2D eigenvalue weighted by atomic mass is 10.1. The summed E-state index contributed by atoms with van der Waals surface area (Å²) in [5, 5.41) is 7.81. The molecule has 2 heterocycles. The summed E-state index contributed by atoms with van der Waals surface area (Å²) >= 11 is 3.38. The summed E-state index contributed by atoms with van der Waals surface area (Å²) in [5.74, 6) is 0.687. The highest BCUT2D eigenvalue weighted by atomic mass is 32.2. The van der Waals surface area contributed by atoms with Gasteiger partial charge < -0.3 is 15.1 Å². The second-order valence-corrected chi connectivity index (χ2v) is 8.72. The van der Waals surface area contributed by atoms with Gasteiger partial charge >= 0.3 is 0 Å². The largest absolute Gasteiger partial charge is 0.459 e. The first-order chi connectivity index (χ1) is 15.2. The van der Waals surface area contributed by atoms with Crippen molar-refractivity contribution in [1.82, 2.24) is 5.32 Å². The predicted molar refractivity (Wildman–Crippen MR) is 125 cm³/mol. The fourth-order valence-corrected chi connectivity index (χ4v) is 4.73. The van der Waals surface area contributed by atoms with Crippen LogP contribution in [0, 0.1) is 0 Å². The van der Waals surface area contributed by atoms with E-state index in [1.54, 1.807) is 47.4 Å². The molecule has 0 aliphatic rings. The minimum atomic E-state index is -0.303. The van der Waals surface area contributed by atoms with Gasteiger partial charge in [0.05, 0.1) is 11.8 Å². The Kier molecular flexibility index (Phi) is 6.86. The summed E-state index contributed by atoms with van der Waals surface area (Å²) in [6, 6.07) is 22.4. The third-order valence-electron chi connectivity index (χ3n) is 4.49. The Morgan fingerprint density at radius 1 is 0.903 bits per heavy atom. The number of anilines is 1. The van der Waals surface area contributed by atoms with E-state index in [2.05, 4.69) is 22.1 Å². The molecule has 0 atom stereocenters. The van der Waals surface area contributed by atoms with Crippen LogP contribution in [-0.2, 0) is 12.3 Å². The topological polar surface area (TPSA) is 71.3 Å². The van der Waals surface area contributed by atoms with E-state index in [1.807, 2.05) is 42.5 Å². The van der Waals surface area contributed by atoms with Crippen LogP contribution in [0.15, 0.2) is 93.8 Å². The fourth-order valence-electron chi connectivity index (χ4n) is 2.91. The van der Waals surface area contributed by atoms with Crippen LogP contribution in [0.2, 0.25) is 0 Å². The highest BCUT2D eigenvalue weighted by molar-refractivity contribution is 7.98. The normalized spacial score (nSPS) is 10.6. The third-order valence-corrected chi connectivity index (χ3v) is 6.67. The highest BCUT2D eigenvalue weighted by Gasteiger charge is 2.12. The van der Waals surface area contributed by atoms with E-state index in [1.165, 1.54) is 11.1 Å². The average Bonchev–Trinajstić information content (AvgIpc) is 3.52. The lowest BCUT2D eigenvalue weighted by Crippen LogP contribution is -2.23. The van der Waals surface area contributed by atoms with E-state index in [9.17, 15) is 9.59 Å². The Bertz CT molecular complexity index is 1140. The van der Waals surface area contributed by atoms with Crippen molar-refractivity contribution in [3.8, 4) is 0 Å². The van der Waals surface area contributed by atoms with Crippen LogP contribution in [0.4, 0.5) is 5.69 Å². The fraction of sp³-hybridized carbons (Fsp3) is 0.0833. The number of hydrogen-bond acceptors (Lipinski definition) is 5. The van der Waals surface area contributed by atoms with Gasteiger partial charge in [0.15, 0.2) is 5.76 Å². The van der Waals surface area contributed by atoms with Crippen LogP contribution in [0.1, 0.15) is 31.4 Å². The lowest BCUT2D eigenvalue weighted by molar-refractivity contribution is 0.0947. The number of nitrogens with one attached hydrogen (secondary N) is 2. The van der Waals surface area contributed by atoms with Gasteiger partial charge in [-0.05, 0) is 53.4 Å². The van der Waals surface area contributed by atoms with E-state index in [4.69, 9.17) is 4.42 Å². The number of amides is 2. The van der Waals surface area contributed by atoms with Crippen LogP contribution in [0.5, 0.6) is 0 Å². The molecule has 0 spiro atoms. The van der Waals surface area contributed by atoms with E-state index in [-0.39, 0.29) is 17.6 Å². The Hall–Kier alpha value is -3.29. The van der Waals surface area contributed by atoms with Crippen molar-refractivity contribution in [2.24, 2.45) is 0 Å². The number of furan rings is 1. The van der Waals surface area contributed by atoms with E-state index in [0.29, 0.717) is 17.8 Å². The minimum absolute atomic E-state index is 0.107. The quantitative estimate of drug-likeness (QED) is 0.333. The van der Waals surface area contributed by atoms with Gasteiger partial charge in [0.2, 0.25) is 0 Å². The van der Waals surface area contributed by atoms with Gasteiger partial charge in [-0.15, -0.1) is 23.1 Å². The van der Waals surface area contributed by atoms with Crippen molar-refractivity contribution in [2.75, 3.05) is 5.32 Å². The second-order valence-electron chi connectivity index (χ2n) is 6.68. The first-order valence-electron chi connectivity index (χ1n) is 9.65. The molecular weight excluding hydrogens is 428 g/mol. The molecule has 0 fully saturated rings. The van der Waals surface area contributed by atoms with Crippen molar-refractivity contribution in [3.63, 3.8) is 0 Å². The van der Waals surface area contributed by atoms with Crippen LogP contribution in [0.3, 0.4) is 0 Å². The molecule has 0 aliphatic carbocycles. The first-order valence-corrected chi connectivity index (χ1v) is 11.5. The van der Waals surface area contributed by atoms with Crippen molar-refractivity contribution in [1.29, 1.82) is 0 Å². The molecule has 0 bridgehead atoms. The molecule has 5 nitrogen and oxygen atoms in total. The van der Waals surface area contributed by atoms with Crippen molar-refractivity contribution in [3.05, 3.63) is 106 Å². The summed E-state index contributed by atoms with van der Waals surface area (Å²) in [6.45, 7) is 0.398. The number of benzene rings is 2. The molecule has 2 aromatic heterocycles. The van der Waals surface area contributed by atoms with Crippen LogP contribution in [-0.4, -0.2) is 11.8 Å². The molecule has 0 saturated heterocycles. The molecule has 7 heteroatoms. The number of hydrogen-bond donors (Lipinski definition) is 2. The minimum Gasteiger partial charge on any atom is -0.459 e. The molecule has 4 rings (SSSR count). The monoisotopic (exact) mass is 448 g/mol. The Balaban J connectivity index is 1.33. The Morgan fingerprint density at radius 3 is 2.48 bits per heavy atom. The highest BCUT2D eigenvalue weighted by Crippen LogP contribution is 2.28. The number of thioether (sulfide) groups is 1. The number of rotatable bonds is 8. The van der Waals surface area contributed by atoms with Crippen LogP contribution < -0.4 is 10.6 Å². The van der Waals surface area contributed by atoms with Gasteiger partial charge in [-0.3, -0.25) is 9.59 Å². The molecule has 2 N–H and O–H groups in total. The Morgan fingerprint density at radius 2 is 1.74 bits per heavy atom. The molecule has 156 valence electrons. The zero-order chi connectivity index (χ0) is 21.5. The third kappa shape index (κ3) is 5.65. The molecule has 0 saturated carbocycles. The maximum atomic E-state index is 12.8. The molecule has 0 radical (unpaired) electrons. The molecule has 31 heavy (non-hydrogen) atoms. The zero-order valence-electron chi connectivity index (χ0n) is 16.5. The van der Waals surface area contributed by atoms with Gasteiger partial charge in [0.25, 0.3) is 11.8 Å². The second kappa shape index (κ2) is 10.1. The summed E-state index contributed by atoms with van der Waals surface area (Å²) in [5.41, 5.74) is 2.27. The van der Waals surface area contributed by atoms with Crippen LogP contribution in [0.25, 0.3) is 0 Å². The van der Waals surface area contributed by atoms with Crippen molar-refractivity contribution in [2.45, 2.75) is 17.2 Å². The predicted octanol–water partition coefficient (Wildman–Crippen LogP) is 5.82. The molecule has 2 aromatic carbocycles. The molecule has 2 amide bonds. The van der Waals surface area contributed by atoms with Crippen molar-refractivity contribution >= 4 is 40.6 Å². The van der Waals surface area contributed by atoms with E-state index < -0.39 is 0 Å². The van der Waals surface area contributed by atoms with E-state index in [0.717, 1.165) is 16.2 Å². The SMILES string of the molecule is O=C(Nc1ccc(CNC(=O)c2ccccc2SCc2cccs2)cc1)c1ccco1. The van der Waals surface area contributed by atoms with E-state index >= 15 is 0 Å². The van der Waals surface area contributed by atoms with Gasteiger partial charge in [-0.25, -0.2) is 0 Å². The maximum absolute atomic E-state index is 12.8. The summed E-state index contributed by atoms with van der Waals surface area (Å²) in [7, 11) is 0. The number of thiophene rings is 1. The summed E-state index contributed by atoms with van der Waals surface area (Å²) in [4.78, 5) is 27.0. The lowest BCUT2D eigenvalue weighted by Gasteiger charge is -2.10. The van der Waals surface area contributed by atoms with Crippen LogP contribution >= 0.6 is 23.1 Å². The molecule has 0 aliphatic heterocycles. The van der Waals surface area contributed by atoms with Gasteiger partial charge in [-0.1, -0.05) is 30.3 Å². The van der Waals surface area contributed by atoms with Gasteiger partial charge in [0, 0.05) is 27.8 Å². The molecule has 0 unspecified atom stereocenters. The smallest absolute Gasteiger partial charge is 0.291 e. The van der Waals surface area contributed by atoms with Gasteiger partial charge in [0.1, 0.15) is 0 Å². The van der Waals surface area contributed by atoms with Crippen molar-refractivity contribution < 1.29 is 14.0 Å². The van der Waals surface area contributed by atoms with Gasteiger partial charge in [-0.2, -0.15) is 0 Å². The summed E-state index contributed by atoms with van der Waals surface area (Å²) < 4.78 is 5.09. The standard InChI is InChI=1S/C24H20N2O3S2/c27-23(20-6-1-2-8-22(20)31-16-19-5-4-14-30-19)25-15-17-9-11-18(12-10-17)26-24(28)21-7-3-13-29-21/h1-14H,15-16H2,(H,25,27)(H,26,28). The average molecular weight is 449 g/mol. The Labute approximate surface area is 188 Å². The molecular formula is C24H20N2O3S2. The molecule has 4 aromatic rings. The first kappa shape index (κ1) is 21.0.